The molecule has 0 fully saturated rings. The van der Waals surface area contributed by atoms with Crippen LogP contribution in [-0.2, 0) is 10.1 Å². The van der Waals surface area contributed by atoms with Crippen molar-refractivity contribution in [2.45, 2.75) is 44.3 Å². The molecule has 55 heavy (non-hydrogen) atoms. The number of aliphatic hydroxyl groups is 1. The van der Waals surface area contributed by atoms with E-state index < -0.39 is 16.6 Å². The number of rotatable bonds is 6. The Hall–Kier alpha value is -5.94. The lowest BCUT2D eigenvalue weighted by Crippen LogP contribution is -2.49. The van der Waals surface area contributed by atoms with Crippen molar-refractivity contribution in [2.24, 2.45) is 0 Å². The number of fused-ring (bicyclic) bond motifs is 10. The molecular weight excluding hydrogens is 669 g/mol. The molecule has 1 N–H and O–H groups in total. The largest absolute Gasteiger partial charge is 0.427 e. The monoisotopic (exact) mass is 708 g/mol. The number of benzene rings is 8. The van der Waals surface area contributed by atoms with Crippen LogP contribution in [0.15, 0.2) is 158 Å². The lowest BCUT2D eigenvalue weighted by atomic mass is 9.70. The van der Waals surface area contributed by atoms with E-state index in [1.165, 1.54) is 65.8 Å². The Labute approximate surface area is 321 Å². The maximum Gasteiger partial charge on any atom is 0.332 e. The van der Waals surface area contributed by atoms with E-state index >= 15 is 0 Å². The zero-order valence-corrected chi connectivity index (χ0v) is 31.4. The summed E-state index contributed by atoms with van der Waals surface area (Å²) >= 11 is 0. The Bertz CT molecular complexity index is 3010. The van der Waals surface area contributed by atoms with Gasteiger partial charge in [-0.1, -0.05) is 127 Å². The van der Waals surface area contributed by atoms with Gasteiger partial charge in [-0.15, -0.1) is 0 Å². The molecule has 1 spiro atoms. The van der Waals surface area contributed by atoms with Crippen LogP contribution in [0.2, 0.25) is 0 Å². The van der Waals surface area contributed by atoms with Crippen LogP contribution in [-0.4, -0.2) is 28.4 Å². The summed E-state index contributed by atoms with van der Waals surface area (Å²) in [4.78, 5) is 0. The van der Waals surface area contributed by atoms with Crippen LogP contribution in [0.1, 0.15) is 49.9 Å². The van der Waals surface area contributed by atoms with Crippen molar-refractivity contribution in [1.29, 1.82) is 0 Å². The van der Waals surface area contributed by atoms with Crippen LogP contribution >= 0.6 is 0 Å². The first-order chi connectivity index (χ1) is 26.7. The van der Waals surface area contributed by atoms with Crippen molar-refractivity contribution < 1.29 is 9.76 Å². The summed E-state index contributed by atoms with van der Waals surface area (Å²) < 4.78 is 9.09. The molecule has 0 saturated carbocycles. The van der Waals surface area contributed by atoms with Gasteiger partial charge in [0.25, 0.3) is 0 Å². The van der Waals surface area contributed by atoms with Gasteiger partial charge in [-0.2, -0.15) is 0 Å². The van der Waals surface area contributed by atoms with Gasteiger partial charge in [-0.05, 0) is 130 Å². The van der Waals surface area contributed by atoms with Crippen LogP contribution in [0.25, 0.3) is 71.3 Å². The summed E-state index contributed by atoms with van der Waals surface area (Å²) in [5.74, 6) is 0. The summed E-state index contributed by atoms with van der Waals surface area (Å²) in [5, 5.41) is 18.5. The van der Waals surface area contributed by atoms with E-state index in [-0.39, 0.29) is 0 Å². The predicted molar refractivity (Wildman–Crippen MR) is 229 cm³/mol. The van der Waals surface area contributed by atoms with E-state index in [9.17, 15) is 5.11 Å². The molecule has 0 amide bonds. The van der Waals surface area contributed by atoms with E-state index in [4.69, 9.17) is 4.65 Å². The fraction of sp³-hybridized carbons (Fsp3) is 0.137. The lowest BCUT2D eigenvalue weighted by Gasteiger charge is -2.38. The number of nitrogens with zero attached hydrogens (tertiary/aromatic N) is 1. The minimum absolute atomic E-state index is 0.454. The summed E-state index contributed by atoms with van der Waals surface area (Å²) in [6.07, 6.45) is 0. The zero-order valence-electron chi connectivity index (χ0n) is 31.4. The molecular formula is C51H39BNO2. The van der Waals surface area contributed by atoms with Gasteiger partial charge in [-0.3, -0.25) is 0 Å². The van der Waals surface area contributed by atoms with Crippen LogP contribution in [0.3, 0.4) is 0 Å². The number of para-hydroxylation sites is 2. The Morgan fingerprint density at radius 2 is 1.07 bits per heavy atom. The molecule has 1 aromatic heterocycles. The number of hydrogen-bond donors (Lipinski definition) is 1. The molecule has 0 aliphatic heterocycles. The minimum Gasteiger partial charge on any atom is -0.427 e. The first-order valence-electron chi connectivity index (χ1n) is 19.2. The fourth-order valence-electron chi connectivity index (χ4n) is 9.71. The lowest BCUT2D eigenvalue weighted by molar-refractivity contribution is -0.0892. The highest BCUT2D eigenvalue weighted by molar-refractivity contribution is 6.56. The van der Waals surface area contributed by atoms with Crippen LogP contribution in [0.5, 0.6) is 0 Å². The van der Waals surface area contributed by atoms with Crippen molar-refractivity contribution in [3.63, 3.8) is 0 Å². The van der Waals surface area contributed by atoms with E-state index in [0.29, 0.717) is 0 Å². The Balaban J connectivity index is 1.26. The van der Waals surface area contributed by atoms with Gasteiger partial charge in [0.1, 0.15) is 0 Å². The SMILES string of the molecule is CC(C)(O)C(C)(C)O[B]c1c(-c2ccc3c(c2)c2ccccc2n3-c2ccccc2)c2cccc3c2c2c(cccc12)C31c2ccccc2-c2ccccc21. The van der Waals surface area contributed by atoms with Crippen molar-refractivity contribution in [2.75, 3.05) is 0 Å². The third kappa shape index (κ3) is 4.24. The third-order valence-electron chi connectivity index (χ3n) is 12.9. The van der Waals surface area contributed by atoms with Crippen molar-refractivity contribution in [3.05, 3.63) is 180 Å². The Morgan fingerprint density at radius 1 is 0.527 bits per heavy atom. The third-order valence-corrected chi connectivity index (χ3v) is 12.9. The van der Waals surface area contributed by atoms with Gasteiger partial charge < -0.3 is 14.3 Å². The zero-order chi connectivity index (χ0) is 37.3. The van der Waals surface area contributed by atoms with Gasteiger partial charge in [-0.25, -0.2) is 0 Å². The van der Waals surface area contributed by atoms with Gasteiger partial charge in [0.05, 0.1) is 27.7 Å². The van der Waals surface area contributed by atoms with Crippen LogP contribution in [0.4, 0.5) is 0 Å². The molecule has 0 unspecified atom stereocenters. The van der Waals surface area contributed by atoms with Crippen molar-refractivity contribution in [3.8, 4) is 27.9 Å². The number of hydrogen-bond acceptors (Lipinski definition) is 2. The quantitative estimate of drug-likeness (QED) is 0.138. The second kappa shape index (κ2) is 11.3. The van der Waals surface area contributed by atoms with E-state index in [1.54, 1.807) is 0 Å². The molecule has 263 valence electrons. The van der Waals surface area contributed by atoms with Gasteiger partial charge in [0.2, 0.25) is 0 Å². The fourth-order valence-corrected chi connectivity index (χ4v) is 9.71. The first-order valence-corrected chi connectivity index (χ1v) is 19.2. The molecule has 4 heteroatoms. The van der Waals surface area contributed by atoms with Crippen molar-refractivity contribution >= 4 is 56.3 Å². The molecule has 1 radical (unpaired) electrons. The highest BCUT2D eigenvalue weighted by atomic mass is 16.5. The second-order valence-corrected chi connectivity index (χ2v) is 16.3. The van der Waals surface area contributed by atoms with E-state index in [2.05, 4.69) is 162 Å². The van der Waals surface area contributed by atoms with Crippen LogP contribution < -0.4 is 5.46 Å². The normalized spacial score (nSPS) is 14.1. The summed E-state index contributed by atoms with van der Waals surface area (Å²) in [6.45, 7) is 7.54. The van der Waals surface area contributed by atoms with Crippen LogP contribution in [0, 0.1) is 0 Å². The molecule has 3 nitrogen and oxygen atoms in total. The Morgan fingerprint density at radius 3 is 1.76 bits per heavy atom. The van der Waals surface area contributed by atoms with Gasteiger partial charge in [0, 0.05) is 16.5 Å². The second-order valence-electron chi connectivity index (χ2n) is 16.3. The standard InChI is InChI=1S/C51H39BNO2/c1-49(2,54)50(3,4)55-52-48-37-22-15-26-42-47(37)46-36(21-14-25-41(46)51(42)39-23-11-8-18-33(39)34-19-9-12-24-40(34)51)45(48)31-28-29-44-38(30-31)35-20-10-13-27-43(35)53(44)32-16-6-5-7-17-32/h5-30,54H,1-4H3. The first kappa shape index (κ1) is 32.5. The molecule has 2 aliphatic carbocycles. The Kier molecular flexibility index (Phi) is 6.68. The average molecular weight is 709 g/mol. The number of aromatic nitrogens is 1. The smallest absolute Gasteiger partial charge is 0.332 e. The molecule has 11 rings (SSSR count). The molecule has 1 heterocycles. The van der Waals surface area contributed by atoms with Gasteiger partial charge in [0.15, 0.2) is 0 Å². The highest BCUT2D eigenvalue weighted by Crippen LogP contribution is 2.62. The molecule has 8 aromatic carbocycles. The summed E-state index contributed by atoms with van der Waals surface area (Å²) in [5.41, 5.74) is 12.2. The van der Waals surface area contributed by atoms with E-state index in [1.807, 2.05) is 35.2 Å². The molecule has 9 aromatic rings. The minimum atomic E-state index is -1.08. The average Bonchev–Trinajstić information content (AvgIpc) is 3.81. The predicted octanol–water partition coefficient (Wildman–Crippen LogP) is 11.2. The summed E-state index contributed by atoms with van der Waals surface area (Å²) in [6, 6.07) is 57.9. The molecule has 2 aliphatic rings. The molecule has 0 atom stereocenters. The maximum absolute atomic E-state index is 11.2. The maximum atomic E-state index is 11.2. The van der Waals surface area contributed by atoms with E-state index in [0.717, 1.165) is 33.2 Å². The molecule has 0 saturated heterocycles. The van der Waals surface area contributed by atoms with Crippen molar-refractivity contribution in [1.82, 2.24) is 4.57 Å². The summed E-state index contributed by atoms with van der Waals surface area (Å²) in [7, 11) is 1.93. The highest BCUT2D eigenvalue weighted by Gasteiger charge is 2.51. The topological polar surface area (TPSA) is 34.4 Å². The molecule has 0 bridgehead atoms. The van der Waals surface area contributed by atoms with Gasteiger partial charge >= 0.3 is 7.48 Å².